The number of nitrogens with zero attached hydrogens (tertiary/aromatic N) is 2. The quantitative estimate of drug-likeness (QED) is 0.720. The molecule has 0 unspecified atom stereocenters. The van der Waals surface area contributed by atoms with E-state index in [1.54, 1.807) is 6.21 Å². The summed E-state index contributed by atoms with van der Waals surface area (Å²) in [5, 5.41) is 0. The number of alkyl halides is 3. The van der Waals surface area contributed by atoms with E-state index < -0.39 is 11.7 Å². The van der Waals surface area contributed by atoms with E-state index in [2.05, 4.69) is 4.99 Å². The van der Waals surface area contributed by atoms with Crippen molar-refractivity contribution in [3.63, 3.8) is 0 Å². The van der Waals surface area contributed by atoms with Crippen molar-refractivity contribution in [2.24, 2.45) is 4.99 Å². The molecule has 1 aromatic carbocycles. The monoisotopic (exact) mass is 228 g/mol. The van der Waals surface area contributed by atoms with Gasteiger partial charge in [-0.3, -0.25) is 4.99 Å². The van der Waals surface area contributed by atoms with E-state index in [9.17, 15) is 13.2 Å². The number of aliphatic imine (C=N–C) groups is 1. The molecule has 0 aliphatic carbocycles. The average molecular weight is 228 g/mol. The van der Waals surface area contributed by atoms with Crippen molar-refractivity contribution in [3.8, 4) is 0 Å². The Hall–Kier alpha value is -1.52. The van der Waals surface area contributed by atoms with Crippen LogP contribution < -0.4 is 4.90 Å². The molecule has 0 atom stereocenters. The number of anilines is 1. The molecule has 0 bridgehead atoms. The van der Waals surface area contributed by atoms with E-state index >= 15 is 0 Å². The van der Waals surface area contributed by atoms with Gasteiger partial charge in [0.05, 0.1) is 23.5 Å². The van der Waals surface area contributed by atoms with Crippen molar-refractivity contribution in [1.82, 2.24) is 0 Å². The highest BCUT2D eigenvalue weighted by atomic mass is 19.4. The maximum Gasteiger partial charge on any atom is 0.416 e. The van der Waals surface area contributed by atoms with Crippen molar-refractivity contribution in [1.29, 1.82) is 0 Å². The molecular weight excluding hydrogens is 217 g/mol. The minimum atomic E-state index is -4.30. The Morgan fingerprint density at radius 1 is 1.38 bits per heavy atom. The number of hydrogen-bond donors (Lipinski definition) is 0. The third kappa shape index (κ3) is 1.89. The van der Waals surface area contributed by atoms with Crippen LogP contribution in [0.2, 0.25) is 0 Å². The first-order valence-corrected chi connectivity index (χ1v) is 5.01. The standard InChI is InChI=1S/C11H11F3N2/c1-2-16-6-5-15-9-4-3-8(7-10(9)16)11(12,13)14/h3-5,7H,2,6H2,1H3. The molecule has 1 aliphatic rings. The van der Waals surface area contributed by atoms with Crippen LogP contribution in [0.5, 0.6) is 0 Å². The molecule has 0 spiro atoms. The molecule has 5 heteroatoms. The summed E-state index contributed by atoms with van der Waals surface area (Å²) >= 11 is 0. The molecule has 1 aromatic rings. The molecule has 0 amide bonds. The molecule has 2 nitrogen and oxygen atoms in total. The van der Waals surface area contributed by atoms with Gasteiger partial charge in [-0.25, -0.2) is 0 Å². The highest BCUT2D eigenvalue weighted by molar-refractivity contribution is 5.82. The van der Waals surface area contributed by atoms with Gasteiger partial charge < -0.3 is 4.90 Å². The topological polar surface area (TPSA) is 15.6 Å². The Balaban J connectivity index is 2.47. The molecule has 86 valence electrons. The second-order valence-corrected chi connectivity index (χ2v) is 3.55. The van der Waals surface area contributed by atoms with Gasteiger partial charge in [-0.2, -0.15) is 13.2 Å². The first-order chi connectivity index (χ1) is 7.52. The molecule has 1 heterocycles. The van der Waals surface area contributed by atoms with Crippen LogP contribution in [0.3, 0.4) is 0 Å². The predicted molar refractivity (Wildman–Crippen MR) is 57.5 cm³/mol. The lowest BCUT2D eigenvalue weighted by molar-refractivity contribution is -0.137. The fourth-order valence-corrected chi connectivity index (χ4v) is 1.70. The largest absolute Gasteiger partial charge is 0.416 e. The van der Waals surface area contributed by atoms with E-state index in [4.69, 9.17) is 0 Å². The average Bonchev–Trinajstić information content (AvgIpc) is 2.26. The Morgan fingerprint density at radius 2 is 2.12 bits per heavy atom. The Kier molecular flexibility index (Phi) is 2.61. The number of halogens is 3. The zero-order valence-electron chi connectivity index (χ0n) is 8.75. The molecule has 2 rings (SSSR count). The van der Waals surface area contributed by atoms with E-state index in [-0.39, 0.29) is 0 Å². The van der Waals surface area contributed by atoms with Crippen LogP contribution in [0.15, 0.2) is 23.2 Å². The van der Waals surface area contributed by atoms with Crippen molar-refractivity contribution in [3.05, 3.63) is 23.8 Å². The van der Waals surface area contributed by atoms with Gasteiger partial charge in [0.1, 0.15) is 0 Å². The number of fused-ring (bicyclic) bond motifs is 1. The van der Waals surface area contributed by atoms with Gasteiger partial charge in [0.2, 0.25) is 0 Å². The van der Waals surface area contributed by atoms with E-state index in [0.717, 1.165) is 12.1 Å². The first-order valence-electron chi connectivity index (χ1n) is 5.01. The summed E-state index contributed by atoms with van der Waals surface area (Å²) in [5.41, 5.74) is 0.530. The van der Waals surface area contributed by atoms with Crippen molar-refractivity contribution < 1.29 is 13.2 Å². The summed E-state index contributed by atoms with van der Waals surface area (Å²) in [7, 11) is 0. The summed E-state index contributed by atoms with van der Waals surface area (Å²) in [5.74, 6) is 0. The zero-order valence-corrected chi connectivity index (χ0v) is 8.75. The van der Waals surface area contributed by atoms with Crippen molar-refractivity contribution in [2.45, 2.75) is 13.1 Å². The smallest absolute Gasteiger partial charge is 0.365 e. The first kappa shape index (κ1) is 11.0. The molecule has 16 heavy (non-hydrogen) atoms. The summed E-state index contributed by atoms with van der Waals surface area (Å²) in [4.78, 5) is 5.94. The van der Waals surface area contributed by atoms with Gasteiger partial charge in [-0.1, -0.05) is 0 Å². The molecule has 0 N–H and O–H groups in total. The molecular formula is C11H11F3N2. The molecule has 0 saturated heterocycles. The van der Waals surface area contributed by atoms with E-state index in [0.29, 0.717) is 24.5 Å². The van der Waals surface area contributed by atoms with Gasteiger partial charge in [-0.15, -0.1) is 0 Å². The molecule has 0 radical (unpaired) electrons. The summed E-state index contributed by atoms with van der Waals surface area (Å²) in [6.45, 7) is 3.13. The minimum Gasteiger partial charge on any atom is -0.365 e. The molecule has 0 fully saturated rings. The van der Waals surface area contributed by atoms with Crippen LogP contribution in [0.4, 0.5) is 24.5 Å². The second kappa shape index (κ2) is 3.81. The lowest BCUT2D eigenvalue weighted by Gasteiger charge is -2.26. The number of benzene rings is 1. The Bertz CT molecular complexity index is 424. The normalized spacial score (nSPS) is 15.1. The molecule has 0 aromatic heterocycles. The fourth-order valence-electron chi connectivity index (χ4n) is 1.70. The summed E-state index contributed by atoms with van der Waals surface area (Å²) < 4.78 is 37.6. The molecule has 0 saturated carbocycles. The lowest BCUT2D eigenvalue weighted by Crippen LogP contribution is -2.27. The Labute approximate surface area is 91.4 Å². The second-order valence-electron chi connectivity index (χ2n) is 3.55. The van der Waals surface area contributed by atoms with Crippen LogP contribution >= 0.6 is 0 Å². The van der Waals surface area contributed by atoms with Crippen LogP contribution in [-0.2, 0) is 6.18 Å². The summed E-state index contributed by atoms with van der Waals surface area (Å²) in [6, 6.07) is 3.64. The number of rotatable bonds is 1. The van der Waals surface area contributed by atoms with Crippen LogP contribution in [0.1, 0.15) is 12.5 Å². The highest BCUT2D eigenvalue weighted by Gasteiger charge is 2.31. The number of hydrogen-bond acceptors (Lipinski definition) is 2. The fraction of sp³-hybridized carbons (Fsp3) is 0.364. The minimum absolute atomic E-state index is 0.555. The molecule has 1 aliphatic heterocycles. The summed E-state index contributed by atoms with van der Waals surface area (Å²) in [6.07, 6.45) is -2.59. The van der Waals surface area contributed by atoms with E-state index in [1.807, 2.05) is 11.8 Å². The SMILES string of the molecule is CCN1CC=Nc2ccc(C(F)(F)F)cc21. The maximum absolute atomic E-state index is 12.5. The van der Waals surface area contributed by atoms with Gasteiger partial charge in [0, 0.05) is 12.8 Å². The van der Waals surface area contributed by atoms with Crippen molar-refractivity contribution >= 4 is 17.6 Å². The van der Waals surface area contributed by atoms with Crippen molar-refractivity contribution in [2.75, 3.05) is 18.0 Å². The highest BCUT2D eigenvalue weighted by Crippen LogP contribution is 2.37. The third-order valence-electron chi connectivity index (χ3n) is 2.56. The van der Waals surface area contributed by atoms with Crippen LogP contribution in [0, 0.1) is 0 Å². The predicted octanol–water partition coefficient (Wildman–Crippen LogP) is 3.25. The van der Waals surface area contributed by atoms with Crippen LogP contribution in [0.25, 0.3) is 0 Å². The van der Waals surface area contributed by atoms with E-state index in [1.165, 1.54) is 6.07 Å². The maximum atomic E-state index is 12.5. The van der Waals surface area contributed by atoms with Gasteiger partial charge >= 0.3 is 6.18 Å². The Morgan fingerprint density at radius 3 is 2.75 bits per heavy atom. The third-order valence-corrected chi connectivity index (χ3v) is 2.56. The van der Waals surface area contributed by atoms with Gasteiger partial charge in [0.25, 0.3) is 0 Å². The zero-order chi connectivity index (χ0) is 11.8. The van der Waals surface area contributed by atoms with Crippen LogP contribution in [-0.4, -0.2) is 19.3 Å². The van der Waals surface area contributed by atoms with Gasteiger partial charge in [0.15, 0.2) is 0 Å². The lowest BCUT2D eigenvalue weighted by atomic mass is 10.1. The van der Waals surface area contributed by atoms with Gasteiger partial charge in [-0.05, 0) is 25.1 Å².